The zero-order valence-corrected chi connectivity index (χ0v) is 17.1. The third-order valence-corrected chi connectivity index (χ3v) is 7.20. The Bertz CT molecular complexity index is 949. The molecule has 1 saturated heterocycles. The third kappa shape index (κ3) is 5.24. The summed E-state index contributed by atoms with van der Waals surface area (Å²) in [7, 11) is -3.57. The number of sulfonamides is 1. The highest BCUT2D eigenvalue weighted by atomic mass is 35.5. The number of hydrogen-bond donors (Lipinski definition) is 1. The molecule has 0 spiro atoms. The number of anilines is 1. The van der Waals surface area contributed by atoms with Crippen molar-refractivity contribution in [3.63, 3.8) is 0 Å². The number of hydrogen-bond acceptors (Lipinski definition) is 5. The summed E-state index contributed by atoms with van der Waals surface area (Å²) in [6.45, 7) is 1.41. The fourth-order valence-electron chi connectivity index (χ4n) is 2.56. The SMILES string of the molecule is O=C(CSc1ccc(F)c(Cl)c1)Nc1ccc(S(=O)(=O)N2CCOCC2)cc1. The van der Waals surface area contributed by atoms with Crippen molar-refractivity contribution in [2.45, 2.75) is 9.79 Å². The Kier molecular flexibility index (Phi) is 6.95. The van der Waals surface area contributed by atoms with E-state index in [1.165, 1.54) is 40.3 Å². The van der Waals surface area contributed by atoms with Gasteiger partial charge in [-0.25, -0.2) is 12.8 Å². The summed E-state index contributed by atoms with van der Waals surface area (Å²) in [6, 6.07) is 10.3. The lowest BCUT2D eigenvalue weighted by Crippen LogP contribution is -2.40. The molecule has 6 nitrogen and oxygen atoms in total. The molecule has 1 heterocycles. The fraction of sp³-hybridized carbons (Fsp3) is 0.278. The van der Waals surface area contributed by atoms with Gasteiger partial charge in [0.25, 0.3) is 0 Å². The van der Waals surface area contributed by atoms with Gasteiger partial charge in [0.15, 0.2) is 0 Å². The molecule has 3 rings (SSSR count). The van der Waals surface area contributed by atoms with Crippen LogP contribution in [0.15, 0.2) is 52.3 Å². The smallest absolute Gasteiger partial charge is 0.243 e. The predicted octanol–water partition coefficient (Wildman–Crippen LogP) is 3.23. The highest BCUT2D eigenvalue weighted by Crippen LogP contribution is 2.24. The highest BCUT2D eigenvalue weighted by Gasteiger charge is 2.26. The maximum atomic E-state index is 13.1. The van der Waals surface area contributed by atoms with E-state index < -0.39 is 15.8 Å². The van der Waals surface area contributed by atoms with E-state index in [-0.39, 0.29) is 21.6 Å². The Hall–Kier alpha value is -1.65. The molecule has 2 aromatic carbocycles. The minimum absolute atomic E-state index is 0.00229. The second kappa shape index (κ2) is 9.23. The van der Waals surface area contributed by atoms with Crippen LogP contribution in [0.4, 0.5) is 10.1 Å². The third-order valence-electron chi connectivity index (χ3n) is 4.01. The molecule has 1 aliphatic heterocycles. The molecule has 1 aliphatic rings. The van der Waals surface area contributed by atoms with Crippen molar-refractivity contribution >= 4 is 45.0 Å². The van der Waals surface area contributed by atoms with Crippen molar-refractivity contribution in [3.8, 4) is 0 Å². The van der Waals surface area contributed by atoms with E-state index in [1.54, 1.807) is 18.2 Å². The molecule has 0 bridgehead atoms. The van der Waals surface area contributed by atoms with E-state index in [0.29, 0.717) is 36.9 Å². The fourth-order valence-corrected chi connectivity index (χ4v) is 4.95. The lowest BCUT2D eigenvalue weighted by Gasteiger charge is -2.26. The molecule has 0 atom stereocenters. The van der Waals surface area contributed by atoms with Crippen LogP contribution in [0.25, 0.3) is 0 Å². The van der Waals surface area contributed by atoms with E-state index in [4.69, 9.17) is 16.3 Å². The van der Waals surface area contributed by atoms with Gasteiger partial charge in [0.05, 0.1) is 28.9 Å². The summed E-state index contributed by atoms with van der Waals surface area (Å²) in [5.74, 6) is -0.674. The number of benzene rings is 2. The van der Waals surface area contributed by atoms with E-state index >= 15 is 0 Å². The van der Waals surface area contributed by atoms with Crippen molar-refractivity contribution in [2.75, 3.05) is 37.4 Å². The first-order chi connectivity index (χ1) is 13.4. The van der Waals surface area contributed by atoms with Crippen molar-refractivity contribution < 1.29 is 22.3 Å². The van der Waals surface area contributed by atoms with Gasteiger partial charge >= 0.3 is 0 Å². The Balaban J connectivity index is 1.57. The summed E-state index contributed by atoms with van der Waals surface area (Å²) >= 11 is 6.94. The first kappa shape index (κ1) is 21.1. The maximum absolute atomic E-state index is 13.1. The molecular weight excluding hydrogens is 427 g/mol. The lowest BCUT2D eigenvalue weighted by molar-refractivity contribution is -0.113. The standard InChI is InChI=1S/C18H18ClFN2O4S2/c19-16-11-14(3-6-17(16)20)27-12-18(23)21-13-1-4-15(5-2-13)28(24,25)22-7-9-26-10-8-22/h1-6,11H,7-10,12H2,(H,21,23). The summed E-state index contributed by atoms with van der Waals surface area (Å²) < 4.78 is 44.9. The van der Waals surface area contributed by atoms with E-state index in [1.807, 2.05) is 0 Å². The number of nitrogens with one attached hydrogen (secondary N) is 1. The van der Waals surface area contributed by atoms with Crippen molar-refractivity contribution in [2.24, 2.45) is 0 Å². The first-order valence-corrected chi connectivity index (χ1v) is 11.2. The first-order valence-electron chi connectivity index (χ1n) is 8.42. The molecule has 1 amide bonds. The Morgan fingerprint density at radius 3 is 2.50 bits per heavy atom. The largest absolute Gasteiger partial charge is 0.379 e. The van der Waals surface area contributed by atoms with Crippen LogP contribution in [0.5, 0.6) is 0 Å². The summed E-state index contributed by atoms with van der Waals surface area (Å²) in [5.41, 5.74) is 0.490. The van der Waals surface area contributed by atoms with Crippen molar-refractivity contribution in [1.29, 1.82) is 0 Å². The minimum Gasteiger partial charge on any atom is -0.379 e. The van der Waals surface area contributed by atoms with Gasteiger partial charge in [0.2, 0.25) is 15.9 Å². The van der Waals surface area contributed by atoms with Crippen molar-refractivity contribution in [1.82, 2.24) is 4.31 Å². The van der Waals surface area contributed by atoms with Crippen LogP contribution in [0.1, 0.15) is 0 Å². The van der Waals surface area contributed by atoms with Crippen LogP contribution in [0, 0.1) is 5.82 Å². The molecule has 1 N–H and O–H groups in total. The Morgan fingerprint density at radius 1 is 1.18 bits per heavy atom. The van der Waals surface area contributed by atoms with E-state index in [0.717, 1.165) is 0 Å². The van der Waals surface area contributed by atoms with Gasteiger partial charge in [-0.2, -0.15) is 4.31 Å². The molecular formula is C18H18ClFN2O4S2. The summed E-state index contributed by atoms with van der Waals surface area (Å²) in [4.78, 5) is 12.9. The van der Waals surface area contributed by atoms with Gasteiger partial charge in [-0.05, 0) is 42.5 Å². The number of carbonyl (C=O) groups excluding carboxylic acids is 1. The summed E-state index contributed by atoms with van der Waals surface area (Å²) in [6.07, 6.45) is 0. The monoisotopic (exact) mass is 444 g/mol. The lowest BCUT2D eigenvalue weighted by atomic mass is 10.3. The minimum atomic E-state index is -3.57. The van der Waals surface area contributed by atoms with Crippen LogP contribution in [-0.2, 0) is 19.6 Å². The molecule has 2 aromatic rings. The topological polar surface area (TPSA) is 75.7 Å². The van der Waals surface area contributed by atoms with Gasteiger partial charge in [0, 0.05) is 23.7 Å². The number of amides is 1. The van der Waals surface area contributed by atoms with Gasteiger partial charge < -0.3 is 10.1 Å². The summed E-state index contributed by atoms with van der Waals surface area (Å²) in [5, 5.41) is 2.70. The van der Waals surface area contributed by atoms with Gasteiger partial charge in [-0.3, -0.25) is 4.79 Å². The van der Waals surface area contributed by atoms with Crippen LogP contribution in [-0.4, -0.2) is 50.7 Å². The molecule has 0 saturated carbocycles. The molecule has 28 heavy (non-hydrogen) atoms. The highest BCUT2D eigenvalue weighted by molar-refractivity contribution is 8.00. The Morgan fingerprint density at radius 2 is 1.86 bits per heavy atom. The average molecular weight is 445 g/mol. The molecule has 0 aromatic heterocycles. The van der Waals surface area contributed by atoms with E-state index in [9.17, 15) is 17.6 Å². The molecule has 10 heteroatoms. The van der Waals surface area contributed by atoms with Gasteiger partial charge in [-0.1, -0.05) is 11.6 Å². The number of halogens is 2. The van der Waals surface area contributed by atoms with Crippen LogP contribution in [0.3, 0.4) is 0 Å². The second-order valence-electron chi connectivity index (χ2n) is 5.95. The van der Waals surface area contributed by atoms with Gasteiger partial charge in [-0.15, -0.1) is 11.8 Å². The molecule has 150 valence electrons. The number of rotatable bonds is 6. The molecule has 1 fully saturated rings. The van der Waals surface area contributed by atoms with Crippen LogP contribution >= 0.6 is 23.4 Å². The second-order valence-corrected chi connectivity index (χ2v) is 9.35. The molecule has 0 radical (unpaired) electrons. The normalized spacial score (nSPS) is 15.4. The Labute approximate surface area is 172 Å². The van der Waals surface area contributed by atoms with Crippen molar-refractivity contribution in [3.05, 3.63) is 53.3 Å². The maximum Gasteiger partial charge on any atom is 0.243 e. The zero-order valence-electron chi connectivity index (χ0n) is 14.7. The van der Waals surface area contributed by atoms with Crippen LogP contribution < -0.4 is 5.32 Å². The number of carbonyl (C=O) groups is 1. The zero-order chi connectivity index (χ0) is 20.1. The number of nitrogens with zero attached hydrogens (tertiary/aromatic N) is 1. The molecule has 0 aliphatic carbocycles. The average Bonchev–Trinajstić information content (AvgIpc) is 2.70. The number of thioether (sulfide) groups is 1. The van der Waals surface area contributed by atoms with Gasteiger partial charge in [0.1, 0.15) is 5.82 Å². The van der Waals surface area contributed by atoms with Crippen LogP contribution in [0.2, 0.25) is 5.02 Å². The molecule has 0 unspecified atom stereocenters. The number of ether oxygens (including phenoxy) is 1. The quantitative estimate of drug-likeness (QED) is 0.692. The predicted molar refractivity (Wildman–Crippen MR) is 107 cm³/mol. The number of morpholine rings is 1. The van der Waals surface area contributed by atoms with E-state index in [2.05, 4.69) is 5.32 Å².